The van der Waals surface area contributed by atoms with Crippen LogP contribution in [0, 0.1) is 0 Å². The molecule has 1 atom stereocenters. The molecule has 1 heterocycles. The highest BCUT2D eigenvalue weighted by molar-refractivity contribution is 6.06. The first-order chi connectivity index (χ1) is 8.22. The van der Waals surface area contributed by atoms with Gasteiger partial charge in [-0.3, -0.25) is 0 Å². The minimum Gasteiger partial charge on any atom is -0.411 e. The Morgan fingerprint density at radius 3 is 2.88 bits per heavy atom. The first kappa shape index (κ1) is 11.9. The second kappa shape index (κ2) is 5.19. The fourth-order valence-electron chi connectivity index (χ4n) is 2.17. The van der Waals surface area contributed by atoms with E-state index in [1.54, 1.807) is 6.92 Å². The normalized spacial score (nSPS) is 19.2. The van der Waals surface area contributed by atoms with Crippen LogP contribution in [0.1, 0.15) is 25.3 Å². The Hall–Kier alpha value is -1.55. The van der Waals surface area contributed by atoms with Gasteiger partial charge in [0.2, 0.25) is 0 Å². The van der Waals surface area contributed by atoms with E-state index in [1.807, 2.05) is 24.3 Å². The molecule has 0 radical (unpaired) electrons. The number of aliphatic hydroxyl groups excluding tert-OH is 1. The molecule has 0 spiro atoms. The van der Waals surface area contributed by atoms with Gasteiger partial charge in [0.1, 0.15) is 0 Å². The predicted octanol–water partition coefficient (Wildman–Crippen LogP) is 1.85. The van der Waals surface area contributed by atoms with Crippen molar-refractivity contribution in [3.8, 4) is 0 Å². The van der Waals surface area contributed by atoms with Crippen LogP contribution < -0.4 is 4.90 Å². The maximum Gasteiger partial charge on any atom is 0.0906 e. The van der Waals surface area contributed by atoms with Crippen molar-refractivity contribution in [2.75, 3.05) is 18.0 Å². The molecule has 1 aromatic rings. The standard InChI is InChI=1S/C13H18N2O2/c1-10(16)6-8-15-9-7-12(14-17)11-4-2-3-5-13(11)15/h2-5,10,16-17H,6-9H2,1H3/b14-12-. The van der Waals surface area contributed by atoms with E-state index in [0.29, 0.717) is 0 Å². The molecule has 92 valence electrons. The summed E-state index contributed by atoms with van der Waals surface area (Å²) in [4.78, 5) is 2.23. The Bertz CT molecular complexity index is 416. The second-order valence-electron chi connectivity index (χ2n) is 4.44. The fourth-order valence-corrected chi connectivity index (χ4v) is 2.17. The summed E-state index contributed by atoms with van der Waals surface area (Å²) in [5.74, 6) is 0. The van der Waals surface area contributed by atoms with Crippen LogP contribution in [0.4, 0.5) is 5.69 Å². The molecule has 0 aromatic heterocycles. The van der Waals surface area contributed by atoms with Crippen LogP contribution in [0.25, 0.3) is 0 Å². The van der Waals surface area contributed by atoms with Crippen molar-refractivity contribution < 1.29 is 10.3 Å². The van der Waals surface area contributed by atoms with E-state index in [4.69, 9.17) is 5.21 Å². The lowest BCUT2D eigenvalue weighted by atomic mass is 9.99. The molecule has 17 heavy (non-hydrogen) atoms. The maximum atomic E-state index is 9.34. The van der Waals surface area contributed by atoms with Gasteiger partial charge in [0, 0.05) is 30.8 Å². The van der Waals surface area contributed by atoms with Gasteiger partial charge in [-0.1, -0.05) is 23.4 Å². The van der Waals surface area contributed by atoms with E-state index < -0.39 is 0 Å². The van der Waals surface area contributed by atoms with Crippen LogP contribution in [-0.2, 0) is 0 Å². The van der Waals surface area contributed by atoms with Gasteiger partial charge in [0.05, 0.1) is 11.8 Å². The highest BCUT2D eigenvalue weighted by Crippen LogP contribution is 2.27. The molecule has 1 aromatic carbocycles. The summed E-state index contributed by atoms with van der Waals surface area (Å²) in [7, 11) is 0. The van der Waals surface area contributed by atoms with Crippen molar-refractivity contribution in [1.82, 2.24) is 0 Å². The van der Waals surface area contributed by atoms with Crippen molar-refractivity contribution in [3.05, 3.63) is 29.8 Å². The van der Waals surface area contributed by atoms with Gasteiger partial charge in [0.25, 0.3) is 0 Å². The summed E-state index contributed by atoms with van der Waals surface area (Å²) in [6, 6.07) is 7.93. The fraction of sp³-hybridized carbons (Fsp3) is 0.462. The summed E-state index contributed by atoms with van der Waals surface area (Å²) in [5, 5.41) is 21.7. The van der Waals surface area contributed by atoms with Crippen LogP contribution in [0.5, 0.6) is 0 Å². The van der Waals surface area contributed by atoms with E-state index in [1.165, 1.54) is 0 Å². The topological polar surface area (TPSA) is 56.1 Å². The molecule has 1 unspecified atom stereocenters. The van der Waals surface area contributed by atoms with Gasteiger partial charge < -0.3 is 15.2 Å². The molecule has 4 nitrogen and oxygen atoms in total. The number of hydrogen-bond acceptors (Lipinski definition) is 4. The van der Waals surface area contributed by atoms with Gasteiger partial charge in [-0.05, 0) is 19.4 Å². The highest BCUT2D eigenvalue weighted by Gasteiger charge is 2.21. The number of anilines is 1. The van der Waals surface area contributed by atoms with E-state index in [-0.39, 0.29) is 6.10 Å². The second-order valence-corrected chi connectivity index (χ2v) is 4.44. The molecule has 0 saturated carbocycles. The van der Waals surface area contributed by atoms with Gasteiger partial charge in [-0.25, -0.2) is 0 Å². The lowest BCUT2D eigenvalue weighted by Crippen LogP contribution is -2.34. The third-order valence-corrected chi connectivity index (χ3v) is 3.11. The molecule has 0 aliphatic carbocycles. The van der Waals surface area contributed by atoms with E-state index in [2.05, 4.69) is 10.1 Å². The number of aliphatic hydroxyl groups is 1. The first-order valence-corrected chi connectivity index (χ1v) is 5.95. The number of nitrogens with zero attached hydrogens (tertiary/aromatic N) is 2. The third-order valence-electron chi connectivity index (χ3n) is 3.11. The van der Waals surface area contributed by atoms with Crippen molar-refractivity contribution in [1.29, 1.82) is 0 Å². The molecule has 1 aliphatic rings. The van der Waals surface area contributed by atoms with Gasteiger partial charge in [0.15, 0.2) is 0 Å². The molecule has 0 bridgehead atoms. The average molecular weight is 234 g/mol. The lowest BCUT2D eigenvalue weighted by Gasteiger charge is -2.31. The molecular weight excluding hydrogens is 216 g/mol. The summed E-state index contributed by atoms with van der Waals surface area (Å²) in [5.41, 5.74) is 2.83. The van der Waals surface area contributed by atoms with E-state index in [0.717, 1.165) is 42.9 Å². The zero-order chi connectivity index (χ0) is 12.3. The monoisotopic (exact) mass is 234 g/mol. The summed E-state index contributed by atoms with van der Waals surface area (Å²) in [6.07, 6.45) is 1.21. The van der Waals surface area contributed by atoms with Crippen LogP contribution in [0.3, 0.4) is 0 Å². The van der Waals surface area contributed by atoms with E-state index in [9.17, 15) is 5.11 Å². The Kier molecular flexibility index (Phi) is 3.64. The predicted molar refractivity (Wildman–Crippen MR) is 67.9 cm³/mol. The quantitative estimate of drug-likeness (QED) is 0.620. The Morgan fingerprint density at radius 1 is 1.41 bits per heavy atom. The summed E-state index contributed by atoms with van der Waals surface area (Å²) >= 11 is 0. The molecule has 0 amide bonds. The zero-order valence-corrected chi connectivity index (χ0v) is 10.0. The Morgan fingerprint density at radius 2 is 2.18 bits per heavy atom. The number of fused-ring (bicyclic) bond motifs is 1. The minimum absolute atomic E-state index is 0.282. The number of hydrogen-bond donors (Lipinski definition) is 2. The number of para-hydroxylation sites is 1. The van der Waals surface area contributed by atoms with Gasteiger partial charge in [-0.2, -0.15) is 0 Å². The molecule has 0 saturated heterocycles. The van der Waals surface area contributed by atoms with E-state index >= 15 is 0 Å². The van der Waals surface area contributed by atoms with Crippen molar-refractivity contribution in [2.45, 2.75) is 25.9 Å². The third kappa shape index (κ3) is 2.58. The van der Waals surface area contributed by atoms with Crippen molar-refractivity contribution in [2.24, 2.45) is 5.16 Å². The van der Waals surface area contributed by atoms with Gasteiger partial charge in [-0.15, -0.1) is 0 Å². The largest absolute Gasteiger partial charge is 0.411 e. The van der Waals surface area contributed by atoms with Crippen LogP contribution in [0.2, 0.25) is 0 Å². The lowest BCUT2D eigenvalue weighted by molar-refractivity contribution is 0.186. The highest BCUT2D eigenvalue weighted by atomic mass is 16.4. The Balaban J connectivity index is 2.22. The Labute approximate surface area is 101 Å². The van der Waals surface area contributed by atoms with Crippen LogP contribution in [0.15, 0.2) is 29.4 Å². The number of benzene rings is 1. The van der Waals surface area contributed by atoms with Gasteiger partial charge >= 0.3 is 0 Å². The number of oxime groups is 1. The maximum absolute atomic E-state index is 9.34. The molecule has 0 fully saturated rings. The SMILES string of the molecule is CC(O)CCN1CC/C(=N/O)c2ccccc21. The van der Waals surface area contributed by atoms with Crippen LogP contribution in [-0.4, -0.2) is 35.2 Å². The van der Waals surface area contributed by atoms with Crippen LogP contribution >= 0.6 is 0 Å². The first-order valence-electron chi connectivity index (χ1n) is 5.95. The molecule has 4 heteroatoms. The summed E-state index contributed by atoms with van der Waals surface area (Å²) in [6.45, 7) is 3.47. The number of rotatable bonds is 3. The average Bonchev–Trinajstić information content (AvgIpc) is 2.35. The molecule has 2 N–H and O–H groups in total. The zero-order valence-electron chi connectivity index (χ0n) is 10.0. The smallest absolute Gasteiger partial charge is 0.0906 e. The molecule has 2 rings (SSSR count). The minimum atomic E-state index is -0.282. The van der Waals surface area contributed by atoms with Crippen molar-refractivity contribution in [3.63, 3.8) is 0 Å². The molecule has 1 aliphatic heterocycles. The molecular formula is C13H18N2O2. The van der Waals surface area contributed by atoms with Crippen molar-refractivity contribution >= 4 is 11.4 Å². The summed E-state index contributed by atoms with van der Waals surface area (Å²) < 4.78 is 0.